The number of aryl methyl sites for hydroxylation is 1. The number of nitrogens with zero attached hydrogens (tertiary/aromatic N) is 1. The van der Waals surface area contributed by atoms with Gasteiger partial charge in [0.05, 0.1) is 11.1 Å². The lowest BCUT2D eigenvalue weighted by Gasteiger charge is -2.05. The van der Waals surface area contributed by atoms with Crippen molar-refractivity contribution in [1.82, 2.24) is 20.2 Å². The van der Waals surface area contributed by atoms with Crippen molar-refractivity contribution in [2.45, 2.75) is 19.9 Å². The first-order valence-corrected chi connectivity index (χ1v) is 12.4. The highest BCUT2D eigenvalue weighted by molar-refractivity contribution is 9.10. The van der Waals surface area contributed by atoms with Gasteiger partial charge in [0.25, 0.3) is 11.8 Å². The molecule has 0 saturated carbocycles. The van der Waals surface area contributed by atoms with Crippen molar-refractivity contribution >= 4 is 76.6 Å². The van der Waals surface area contributed by atoms with Crippen LogP contribution in [-0.4, -0.2) is 34.5 Å². The Hall–Kier alpha value is -2.68. The number of aromatic amines is 1. The molecule has 33 heavy (non-hydrogen) atoms. The molecule has 0 aliphatic carbocycles. The van der Waals surface area contributed by atoms with E-state index >= 15 is 0 Å². The molecule has 0 saturated heterocycles. The Morgan fingerprint density at radius 2 is 1.64 bits per heavy atom. The van der Waals surface area contributed by atoms with Crippen LogP contribution in [0.4, 0.5) is 0 Å². The molecule has 2 aromatic carbocycles. The number of halogens is 2. The van der Waals surface area contributed by atoms with E-state index in [1.54, 1.807) is 6.20 Å². The maximum atomic E-state index is 13.1. The maximum Gasteiger partial charge on any atom is 0.259 e. The molecule has 3 heterocycles. The normalized spacial score (nSPS) is 14.2. The molecule has 168 valence electrons. The molecule has 2 amide bonds. The topological polar surface area (TPSA) is 78.9 Å². The number of hydrogen-bond donors (Lipinski definition) is 3. The third-order valence-electron chi connectivity index (χ3n) is 5.96. The Balaban J connectivity index is 1.71. The fourth-order valence-electron chi connectivity index (χ4n) is 4.47. The van der Waals surface area contributed by atoms with Crippen molar-refractivity contribution < 1.29 is 9.59 Å². The molecular weight excluding hydrogens is 548 g/mol. The number of carbonyl (C=O) groups excluding carboxylic acids is 2. The predicted molar refractivity (Wildman–Crippen MR) is 139 cm³/mol. The minimum absolute atomic E-state index is 0.369. The van der Waals surface area contributed by atoms with Crippen LogP contribution < -0.4 is 10.6 Å². The van der Waals surface area contributed by atoms with Crippen LogP contribution in [0.2, 0.25) is 0 Å². The number of nitrogens with one attached hydrogen (secondary N) is 3. The van der Waals surface area contributed by atoms with Gasteiger partial charge >= 0.3 is 0 Å². The lowest BCUT2D eigenvalue weighted by atomic mass is 9.95. The molecule has 0 radical (unpaired) electrons. The van der Waals surface area contributed by atoms with Gasteiger partial charge in [0, 0.05) is 60.8 Å². The highest BCUT2D eigenvalue weighted by atomic mass is 79.9. The highest BCUT2D eigenvalue weighted by Gasteiger charge is 2.35. The van der Waals surface area contributed by atoms with Crippen molar-refractivity contribution in [2.24, 2.45) is 0 Å². The van der Waals surface area contributed by atoms with Crippen LogP contribution in [0.15, 0.2) is 57.7 Å². The third-order valence-corrected chi connectivity index (χ3v) is 6.95. The molecular formula is C25H22Br2N4O2. The van der Waals surface area contributed by atoms with E-state index in [9.17, 15) is 9.59 Å². The van der Waals surface area contributed by atoms with E-state index in [1.165, 1.54) is 0 Å². The summed E-state index contributed by atoms with van der Waals surface area (Å²) in [6.45, 7) is 4.75. The summed E-state index contributed by atoms with van der Waals surface area (Å²) in [6.07, 6.45) is 4.76. The number of hydrogen-bond acceptors (Lipinski definition) is 3. The first-order valence-electron chi connectivity index (χ1n) is 10.8. The van der Waals surface area contributed by atoms with E-state index in [2.05, 4.69) is 59.0 Å². The van der Waals surface area contributed by atoms with Gasteiger partial charge in [0.15, 0.2) is 0 Å². The Kier molecular flexibility index (Phi) is 5.99. The minimum Gasteiger partial charge on any atom is -0.361 e. The number of imide groups is 1. The van der Waals surface area contributed by atoms with Crippen LogP contribution in [-0.2, 0) is 16.1 Å². The molecule has 0 atom stereocenters. The number of rotatable bonds is 7. The van der Waals surface area contributed by atoms with E-state index in [0.29, 0.717) is 16.7 Å². The van der Waals surface area contributed by atoms with Crippen LogP contribution in [0, 0.1) is 0 Å². The number of H-pyrrole nitrogens is 1. The van der Waals surface area contributed by atoms with Gasteiger partial charge in [-0.3, -0.25) is 14.9 Å². The van der Waals surface area contributed by atoms with Crippen molar-refractivity contribution in [3.8, 4) is 0 Å². The molecule has 8 heteroatoms. The summed E-state index contributed by atoms with van der Waals surface area (Å²) in [5.74, 6) is -0.745. The summed E-state index contributed by atoms with van der Waals surface area (Å²) in [6, 6.07) is 11.9. The molecule has 0 fully saturated rings. The highest BCUT2D eigenvalue weighted by Crippen LogP contribution is 2.39. The lowest BCUT2D eigenvalue weighted by molar-refractivity contribution is -0.122. The number of benzene rings is 2. The average Bonchev–Trinajstić information content (AvgIpc) is 3.43. The lowest BCUT2D eigenvalue weighted by Crippen LogP contribution is -2.22. The molecule has 0 spiro atoms. The summed E-state index contributed by atoms with van der Waals surface area (Å²) in [5.41, 5.74) is 4.22. The Bertz CT molecular complexity index is 1450. The van der Waals surface area contributed by atoms with Crippen LogP contribution in [0.3, 0.4) is 0 Å². The maximum absolute atomic E-state index is 13.1. The summed E-state index contributed by atoms with van der Waals surface area (Å²) in [4.78, 5) is 29.3. The van der Waals surface area contributed by atoms with E-state index in [0.717, 1.165) is 62.4 Å². The Labute approximate surface area is 207 Å². The average molecular weight is 570 g/mol. The standard InChI is InChI=1S/C25H22Br2N4O2/c1-2-28-8-3-9-31-13-19(17-11-15(27)5-7-21(17)31)23-22(24(32)30-25(23)33)18-12-29-20-6-4-14(26)10-16(18)20/h4-7,10-13,28-29H,2-3,8-9H2,1H3,(H,30,32,33). The molecule has 0 bridgehead atoms. The second-order valence-corrected chi connectivity index (χ2v) is 9.86. The quantitative estimate of drug-likeness (QED) is 0.211. The van der Waals surface area contributed by atoms with Gasteiger partial charge < -0.3 is 14.9 Å². The molecule has 1 aliphatic heterocycles. The smallest absolute Gasteiger partial charge is 0.259 e. The van der Waals surface area contributed by atoms with Crippen molar-refractivity contribution in [3.05, 3.63) is 68.9 Å². The van der Waals surface area contributed by atoms with Gasteiger partial charge in [0.2, 0.25) is 0 Å². The van der Waals surface area contributed by atoms with Crippen LogP contribution in [0.5, 0.6) is 0 Å². The van der Waals surface area contributed by atoms with E-state index in [1.807, 2.05) is 42.6 Å². The zero-order valence-corrected chi connectivity index (χ0v) is 21.1. The number of amides is 2. The van der Waals surface area contributed by atoms with Crippen molar-refractivity contribution in [2.75, 3.05) is 13.1 Å². The third kappa shape index (κ3) is 3.96. The summed E-state index contributed by atoms with van der Waals surface area (Å²) in [5, 5.41) is 7.70. The van der Waals surface area contributed by atoms with Gasteiger partial charge in [-0.2, -0.15) is 0 Å². The first kappa shape index (κ1) is 22.1. The van der Waals surface area contributed by atoms with Gasteiger partial charge in [-0.15, -0.1) is 0 Å². The molecule has 4 aromatic rings. The van der Waals surface area contributed by atoms with Crippen LogP contribution >= 0.6 is 31.9 Å². The molecule has 6 nitrogen and oxygen atoms in total. The fraction of sp³-hybridized carbons (Fsp3) is 0.200. The zero-order chi connectivity index (χ0) is 23.1. The molecule has 5 rings (SSSR count). The minimum atomic E-state index is -0.376. The van der Waals surface area contributed by atoms with E-state index in [-0.39, 0.29) is 11.8 Å². The van der Waals surface area contributed by atoms with E-state index < -0.39 is 0 Å². The van der Waals surface area contributed by atoms with E-state index in [4.69, 9.17) is 0 Å². The van der Waals surface area contributed by atoms with Crippen molar-refractivity contribution in [1.29, 1.82) is 0 Å². The summed E-state index contributed by atoms with van der Waals surface area (Å²) >= 11 is 7.08. The fourth-order valence-corrected chi connectivity index (χ4v) is 5.20. The molecule has 1 aliphatic rings. The second kappa shape index (κ2) is 8.93. The van der Waals surface area contributed by atoms with Gasteiger partial charge in [-0.25, -0.2) is 0 Å². The molecule has 3 N–H and O–H groups in total. The Morgan fingerprint density at radius 3 is 2.39 bits per heavy atom. The molecule has 2 aromatic heterocycles. The first-order chi connectivity index (χ1) is 16.0. The Morgan fingerprint density at radius 1 is 0.939 bits per heavy atom. The zero-order valence-electron chi connectivity index (χ0n) is 18.0. The largest absolute Gasteiger partial charge is 0.361 e. The predicted octanol–water partition coefficient (Wildman–Crippen LogP) is 5.21. The van der Waals surface area contributed by atoms with Crippen LogP contribution in [0.25, 0.3) is 33.0 Å². The monoisotopic (exact) mass is 568 g/mol. The summed E-state index contributed by atoms with van der Waals surface area (Å²) < 4.78 is 3.99. The van der Waals surface area contributed by atoms with Gasteiger partial charge in [-0.05, 0) is 55.9 Å². The van der Waals surface area contributed by atoms with Crippen molar-refractivity contribution in [3.63, 3.8) is 0 Å². The molecule has 0 unspecified atom stereocenters. The second-order valence-electron chi connectivity index (χ2n) is 8.03. The van der Waals surface area contributed by atoms with Crippen LogP contribution in [0.1, 0.15) is 24.5 Å². The van der Waals surface area contributed by atoms with Gasteiger partial charge in [0.1, 0.15) is 0 Å². The number of carbonyl (C=O) groups is 2. The van der Waals surface area contributed by atoms with Gasteiger partial charge in [-0.1, -0.05) is 38.8 Å². The summed E-state index contributed by atoms with van der Waals surface area (Å²) in [7, 11) is 0. The SMILES string of the molecule is CCNCCCn1cc(C2=C(c3c[nH]c4ccc(Br)cc34)C(=O)NC2=O)c2cc(Br)ccc21. The number of fused-ring (bicyclic) bond motifs is 2. The number of aromatic nitrogens is 2.